The van der Waals surface area contributed by atoms with E-state index in [-0.39, 0.29) is 0 Å². The lowest BCUT2D eigenvalue weighted by atomic mass is 10.1. The number of rotatable bonds is 3. The fraction of sp³-hybridized carbons (Fsp3) is 0.800. The van der Waals surface area contributed by atoms with Gasteiger partial charge >= 0.3 is 0 Å². The van der Waals surface area contributed by atoms with E-state index in [0.29, 0.717) is 6.04 Å². The van der Waals surface area contributed by atoms with Crippen molar-refractivity contribution in [1.29, 1.82) is 0 Å². The molecule has 0 saturated carbocycles. The summed E-state index contributed by atoms with van der Waals surface area (Å²) in [7, 11) is 3.99. The maximum atomic E-state index is 3.95. The third-order valence-corrected chi connectivity index (χ3v) is 3.11. The van der Waals surface area contributed by atoms with Crippen LogP contribution in [0.3, 0.4) is 0 Å². The average molecular weight is 209 g/mol. The van der Waals surface area contributed by atoms with E-state index in [9.17, 15) is 0 Å². The summed E-state index contributed by atoms with van der Waals surface area (Å²) in [5, 5.41) is 11.2. The van der Waals surface area contributed by atoms with Gasteiger partial charge in [-0.2, -0.15) is 0 Å². The molecule has 2 rings (SSSR count). The molecule has 84 valence electrons. The molecule has 0 aromatic carbocycles. The van der Waals surface area contributed by atoms with Crippen LogP contribution in [0.15, 0.2) is 6.20 Å². The molecule has 0 spiro atoms. The zero-order chi connectivity index (χ0) is 10.7. The molecule has 0 bridgehead atoms. The summed E-state index contributed by atoms with van der Waals surface area (Å²) in [5.41, 5.74) is 1.19. The SMILES string of the molecule is CNC1CCCN(Cc2cnnn2C)C1. The molecule has 2 heterocycles. The number of hydrogen-bond acceptors (Lipinski definition) is 4. The van der Waals surface area contributed by atoms with E-state index in [1.165, 1.54) is 25.1 Å². The highest BCUT2D eigenvalue weighted by molar-refractivity contribution is 4.94. The van der Waals surface area contributed by atoms with Crippen LogP contribution >= 0.6 is 0 Å². The number of likely N-dealkylation sites (N-methyl/N-ethyl adjacent to an activating group) is 1. The van der Waals surface area contributed by atoms with Gasteiger partial charge in [-0.3, -0.25) is 9.58 Å². The van der Waals surface area contributed by atoms with Gasteiger partial charge in [0, 0.05) is 26.2 Å². The van der Waals surface area contributed by atoms with E-state index < -0.39 is 0 Å². The number of likely N-dealkylation sites (tertiary alicyclic amines) is 1. The summed E-state index contributed by atoms with van der Waals surface area (Å²) in [6.07, 6.45) is 4.41. The lowest BCUT2D eigenvalue weighted by molar-refractivity contribution is 0.184. The highest BCUT2D eigenvalue weighted by atomic mass is 15.4. The van der Waals surface area contributed by atoms with E-state index in [1.807, 2.05) is 25.0 Å². The molecule has 5 nitrogen and oxygen atoms in total. The lowest BCUT2D eigenvalue weighted by Gasteiger charge is -2.32. The molecule has 0 radical (unpaired) electrons. The minimum absolute atomic E-state index is 0.639. The largest absolute Gasteiger partial charge is 0.316 e. The second-order valence-corrected chi connectivity index (χ2v) is 4.21. The van der Waals surface area contributed by atoms with Gasteiger partial charge in [0.1, 0.15) is 0 Å². The van der Waals surface area contributed by atoms with Gasteiger partial charge in [-0.1, -0.05) is 5.21 Å². The Morgan fingerprint density at radius 1 is 1.60 bits per heavy atom. The number of aryl methyl sites for hydroxylation is 1. The molecule has 1 aromatic rings. The molecule has 0 aliphatic carbocycles. The quantitative estimate of drug-likeness (QED) is 0.761. The summed E-state index contributed by atoms with van der Waals surface area (Å²) in [5.74, 6) is 0. The monoisotopic (exact) mass is 209 g/mol. The van der Waals surface area contributed by atoms with Crippen LogP contribution in [0.2, 0.25) is 0 Å². The van der Waals surface area contributed by atoms with Gasteiger partial charge in [-0.25, -0.2) is 0 Å². The molecule has 1 unspecified atom stereocenters. The number of nitrogens with one attached hydrogen (secondary N) is 1. The third kappa shape index (κ3) is 2.54. The maximum Gasteiger partial charge on any atom is 0.0738 e. The Hall–Kier alpha value is -0.940. The minimum atomic E-state index is 0.639. The third-order valence-electron chi connectivity index (χ3n) is 3.11. The number of piperidine rings is 1. The van der Waals surface area contributed by atoms with Crippen LogP contribution in [-0.2, 0) is 13.6 Å². The Labute approximate surface area is 90.5 Å². The average Bonchev–Trinajstić information content (AvgIpc) is 2.65. The Morgan fingerprint density at radius 2 is 2.47 bits per heavy atom. The van der Waals surface area contributed by atoms with Crippen LogP contribution in [0.25, 0.3) is 0 Å². The van der Waals surface area contributed by atoms with Crippen molar-refractivity contribution in [3.63, 3.8) is 0 Å². The van der Waals surface area contributed by atoms with E-state index in [4.69, 9.17) is 0 Å². The predicted molar refractivity (Wildman–Crippen MR) is 58.4 cm³/mol. The highest BCUT2D eigenvalue weighted by Gasteiger charge is 2.19. The van der Waals surface area contributed by atoms with Crippen LogP contribution in [-0.4, -0.2) is 46.1 Å². The number of hydrogen-bond donors (Lipinski definition) is 1. The van der Waals surface area contributed by atoms with Crippen molar-refractivity contribution in [2.75, 3.05) is 20.1 Å². The van der Waals surface area contributed by atoms with Crippen LogP contribution in [0.5, 0.6) is 0 Å². The molecule has 1 N–H and O–H groups in total. The molecule has 1 aliphatic heterocycles. The van der Waals surface area contributed by atoms with Gasteiger partial charge < -0.3 is 5.32 Å². The molecular weight excluding hydrogens is 190 g/mol. The summed E-state index contributed by atoms with van der Waals surface area (Å²) in [6, 6.07) is 0.639. The van der Waals surface area contributed by atoms with E-state index in [2.05, 4.69) is 20.5 Å². The number of aromatic nitrogens is 3. The highest BCUT2D eigenvalue weighted by Crippen LogP contribution is 2.12. The van der Waals surface area contributed by atoms with Crippen molar-refractivity contribution >= 4 is 0 Å². The first-order chi connectivity index (χ1) is 7.29. The number of nitrogens with zero attached hydrogens (tertiary/aromatic N) is 4. The van der Waals surface area contributed by atoms with Crippen molar-refractivity contribution in [3.05, 3.63) is 11.9 Å². The first-order valence-electron chi connectivity index (χ1n) is 5.53. The fourth-order valence-corrected chi connectivity index (χ4v) is 2.12. The molecule has 1 saturated heterocycles. The van der Waals surface area contributed by atoms with Gasteiger partial charge in [0.05, 0.1) is 11.9 Å². The van der Waals surface area contributed by atoms with Gasteiger partial charge in [-0.15, -0.1) is 5.10 Å². The Bertz CT molecular complexity index is 309. The minimum Gasteiger partial charge on any atom is -0.316 e. The normalized spacial score (nSPS) is 23.2. The lowest BCUT2D eigenvalue weighted by Crippen LogP contribution is -2.44. The van der Waals surface area contributed by atoms with Gasteiger partial charge in [-0.05, 0) is 26.4 Å². The zero-order valence-electron chi connectivity index (χ0n) is 9.48. The van der Waals surface area contributed by atoms with Crippen LogP contribution in [0.4, 0.5) is 0 Å². The first kappa shape index (κ1) is 10.6. The molecular formula is C10H19N5. The van der Waals surface area contributed by atoms with Gasteiger partial charge in [0.25, 0.3) is 0 Å². The molecule has 5 heteroatoms. The van der Waals surface area contributed by atoms with Crippen LogP contribution < -0.4 is 5.32 Å². The summed E-state index contributed by atoms with van der Waals surface area (Å²) in [6.45, 7) is 3.27. The van der Waals surface area contributed by atoms with Gasteiger partial charge in [0.2, 0.25) is 0 Å². The topological polar surface area (TPSA) is 46.0 Å². The van der Waals surface area contributed by atoms with Gasteiger partial charge in [0.15, 0.2) is 0 Å². The standard InChI is InChI=1S/C10H19N5/c1-11-9-4-3-5-15(7-9)8-10-6-12-13-14(10)2/h6,9,11H,3-5,7-8H2,1-2H3. The molecule has 15 heavy (non-hydrogen) atoms. The predicted octanol–water partition coefficient (Wildman–Crippen LogP) is -0.00110. The van der Waals surface area contributed by atoms with Crippen LogP contribution in [0, 0.1) is 0 Å². The van der Waals surface area contributed by atoms with E-state index in [1.54, 1.807) is 0 Å². The van der Waals surface area contributed by atoms with Crippen molar-refractivity contribution in [2.24, 2.45) is 7.05 Å². The van der Waals surface area contributed by atoms with Crippen molar-refractivity contribution in [1.82, 2.24) is 25.2 Å². The molecule has 1 aliphatic rings. The first-order valence-corrected chi connectivity index (χ1v) is 5.53. The molecule has 1 fully saturated rings. The van der Waals surface area contributed by atoms with E-state index >= 15 is 0 Å². The van der Waals surface area contributed by atoms with E-state index in [0.717, 1.165) is 13.1 Å². The second kappa shape index (κ2) is 4.72. The van der Waals surface area contributed by atoms with Crippen molar-refractivity contribution in [3.8, 4) is 0 Å². The zero-order valence-corrected chi connectivity index (χ0v) is 9.48. The fourth-order valence-electron chi connectivity index (χ4n) is 2.12. The smallest absolute Gasteiger partial charge is 0.0738 e. The Morgan fingerprint density at radius 3 is 3.13 bits per heavy atom. The van der Waals surface area contributed by atoms with Crippen molar-refractivity contribution < 1.29 is 0 Å². The maximum absolute atomic E-state index is 3.95. The second-order valence-electron chi connectivity index (χ2n) is 4.21. The van der Waals surface area contributed by atoms with Crippen LogP contribution in [0.1, 0.15) is 18.5 Å². The summed E-state index contributed by atoms with van der Waals surface area (Å²) in [4.78, 5) is 2.46. The Balaban J connectivity index is 1.92. The Kier molecular flexibility index (Phi) is 3.33. The van der Waals surface area contributed by atoms with Crippen molar-refractivity contribution in [2.45, 2.75) is 25.4 Å². The summed E-state index contributed by atoms with van der Waals surface area (Å²) < 4.78 is 1.85. The molecule has 1 atom stereocenters. The molecule has 0 amide bonds. The molecule has 1 aromatic heterocycles. The summed E-state index contributed by atoms with van der Waals surface area (Å²) >= 11 is 0.